The second-order valence-corrected chi connectivity index (χ2v) is 5.29. The van der Waals surface area contributed by atoms with Gasteiger partial charge in [-0.1, -0.05) is 24.3 Å². The summed E-state index contributed by atoms with van der Waals surface area (Å²) < 4.78 is 5.08. The van der Waals surface area contributed by atoms with Crippen LogP contribution in [0.2, 0.25) is 0 Å². The molecule has 2 aromatic carbocycles. The number of nitrogens with zero attached hydrogens (tertiary/aromatic N) is 1. The van der Waals surface area contributed by atoms with Gasteiger partial charge in [0.05, 0.1) is 5.56 Å². The maximum atomic E-state index is 12.3. The standard InChI is InChI=1S/C19H19NO4/c1-3-20(17-6-4-5-14(2)11-17)18(22)13-24-19(23)16-9-7-15(12-21)8-10-16/h4-12H,3,13H2,1-2H3. The number of carbonyl (C=O) groups excluding carboxylic acids is 3. The minimum atomic E-state index is -0.596. The van der Waals surface area contributed by atoms with Crippen LogP contribution in [0.3, 0.4) is 0 Å². The molecule has 0 aliphatic heterocycles. The number of ether oxygens (including phenoxy) is 1. The predicted octanol–water partition coefficient (Wildman–Crippen LogP) is 3.02. The number of hydrogen-bond donors (Lipinski definition) is 0. The summed E-state index contributed by atoms with van der Waals surface area (Å²) >= 11 is 0. The minimum Gasteiger partial charge on any atom is -0.452 e. The molecular weight excluding hydrogens is 306 g/mol. The van der Waals surface area contributed by atoms with Crippen molar-refractivity contribution in [3.8, 4) is 0 Å². The van der Waals surface area contributed by atoms with Crippen LogP contribution in [0, 0.1) is 6.92 Å². The van der Waals surface area contributed by atoms with Crippen molar-refractivity contribution in [2.75, 3.05) is 18.1 Å². The van der Waals surface area contributed by atoms with Gasteiger partial charge < -0.3 is 9.64 Å². The predicted molar refractivity (Wildman–Crippen MR) is 91.3 cm³/mol. The number of hydrogen-bond acceptors (Lipinski definition) is 4. The molecule has 0 aromatic heterocycles. The number of carbonyl (C=O) groups is 3. The number of esters is 1. The van der Waals surface area contributed by atoms with E-state index in [2.05, 4.69) is 0 Å². The largest absolute Gasteiger partial charge is 0.452 e. The number of aldehydes is 1. The Labute approximate surface area is 140 Å². The lowest BCUT2D eigenvalue weighted by atomic mass is 10.1. The van der Waals surface area contributed by atoms with E-state index in [1.807, 2.05) is 38.1 Å². The lowest BCUT2D eigenvalue weighted by Crippen LogP contribution is -2.34. The van der Waals surface area contributed by atoms with E-state index in [4.69, 9.17) is 4.74 Å². The van der Waals surface area contributed by atoms with Crippen molar-refractivity contribution in [3.63, 3.8) is 0 Å². The quantitative estimate of drug-likeness (QED) is 0.605. The maximum Gasteiger partial charge on any atom is 0.338 e. The van der Waals surface area contributed by atoms with Crippen LogP contribution < -0.4 is 4.90 Å². The summed E-state index contributed by atoms with van der Waals surface area (Å²) in [7, 11) is 0. The lowest BCUT2D eigenvalue weighted by molar-refractivity contribution is -0.121. The molecule has 2 rings (SSSR count). The molecule has 0 bridgehead atoms. The van der Waals surface area contributed by atoms with Crippen molar-refractivity contribution in [1.82, 2.24) is 0 Å². The molecule has 124 valence electrons. The first-order chi connectivity index (χ1) is 11.5. The van der Waals surface area contributed by atoms with Crippen molar-refractivity contribution in [3.05, 3.63) is 65.2 Å². The average molecular weight is 325 g/mol. The van der Waals surface area contributed by atoms with Gasteiger partial charge in [0.2, 0.25) is 0 Å². The fourth-order valence-corrected chi connectivity index (χ4v) is 2.29. The van der Waals surface area contributed by atoms with Gasteiger partial charge in [0, 0.05) is 17.8 Å². The number of aryl methyl sites for hydroxylation is 1. The third kappa shape index (κ3) is 4.29. The summed E-state index contributed by atoms with van der Waals surface area (Å²) in [5.41, 5.74) is 2.59. The van der Waals surface area contributed by atoms with Crippen molar-refractivity contribution >= 4 is 23.9 Å². The molecule has 2 aromatic rings. The maximum absolute atomic E-state index is 12.3. The van der Waals surface area contributed by atoms with E-state index >= 15 is 0 Å². The van der Waals surface area contributed by atoms with Crippen molar-refractivity contribution in [2.45, 2.75) is 13.8 Å². The van der Waals surface area contributed by atoms with Crippen LogP contribution in [0.1, 0.15) is 33.2 Å². The van der Waals surface area contributed by atoms with Crippen LogP contribution in [-0.2, 0) is 9.53 Å². The molecule has 0 fully saturated rings. The molecule has 24 heavy (non-hydrogen) atoms. The molecule has 5 nitrogen and oxygen atoms in total. The normalized spacial score (nSPS) is 10.1. The monoisotopic (exact) mass is 325 g/mol. The molecule has 0 N–H and O–H groups in total. The van der Waals surface area contributed by atoms with Crippen LogP contribution in [0.15, 0.2) is 48.5 Å². The Kier molecular flexibility index (Phi) is 5.84. The van der Waals surface area contributed by atoms with Crippen molar-refractivity contribution in [2.24, 2.45) is 0 Å². The highest BCUT2D eigenvalue weighted by Crippen LogP contribution is 2.16. The molecule has 0 heterocycles. The number of amides is 1. The highest BCUT2D eigenvalue weighted by Gasteiger charge is 2.17. The van der Waals surface area contributed by atoms with E-state index in [9.17, 15) is 14.4 Å². The van der Waals surface area contributed by atoms with Gasteiger partial charge in [-0.25, -0.2) is 4.79 Å². The first-order valence-corrected chi connectivity index (χ1v) is 7.64. The molecule has 0 saturated carbocycles. The van der Waals surface area contributed by atoms with Gasteiger partial charge in [0.15, 0.2) is 6.61 Å². The van der Waals surface area contributed by atoms with Gasteiger partial charge in [0.1, 0.15) is 6.29 Å². The van der Waals surface area contributed by atoms with Gasteiger partial charge in [-0.3, -0.25) is 9.59 Å². The van der Waals surface area contributed by atoms with E-state index in [-0.39, 0.29) is 12.5 Å². The third-order valence-corrected chi connectivity index (χ3v) is 3.54. The molecular formula is C19H19NO4. The fraction of sp³-hybridized carbons (Fsp3) is 0.211. The molecule has 0 aliphatic carbocycles. The summed E-state index contributed by atoms with van der Waals surface area (Å²) in [5.74, 6) is -0.887. The Morgan fingerprint density at radius 1 is 1.12 bits per heavy atom. The number of rotatable bonds is 6. The highest BCUT2D eigenvalue weighted by atomic mass is 16.5. The van der Waals surface area contributed by atoms with E-state index < -0.39 is 5.97 Å². The molecule has 0 radical (unpaired) electrons. The molecule has 0 spiro atoms. The SMILES string of the molecule is CCN(C(=O)COC(=O)c1ccc(C=O)cc1)c1cccc(C)c1. The molecule has 0 unspecified atom stereocenters. The van der Waals surface area contributed by atoms with Crippen molar-refractivity contribution in [1.29, 1.82) is 0 Å². The van der Waals surface area contributed by atoms with E-state index in [0.29, 0.717) is 24.0 Å². The second kappa shape index (κ2) is 8.06. The zero-order valence-corrected chi connectivity index (χ0v) is 13.7. The average Bonchev–Trinajstić information content (AvgIpc) is 2.60. The summed E-state index contributed by atoms with van der Waals surface area (Å²) in [6, 6.07) is 13.6. The van der Waals surface area contributed by atoms with Crippen LogP contribution in [0.4, 0.5) is 5.69 Å². The highest BCUT2D eigenvalue weighted by molar-refractivity contribution is 5.97. The molecule has 0 atom stereocenters. The molecule has 0 aliphatic rings. The second-order valence-electron chi connectivity index (χ2n) is 5.29. The Hall–Kier alpha value is -2.95. The number of anilines is 1. The zero-order valence-electron chi connectivity index (χ0n) is 13.7. The van der Waals surface area contributed by atoms with Gasteiger partial charge in [-0.2, -0.15) is 0 Å². The van der Waals surface area contributed by atoms with Gasteiger partial charge >= 0.3 is 5.97 Å². The molecule has 0 saturated heterocycles. The number of likely N-dealkylation sites (N-methyl/N-ethyl adjacent to an activating group) is 1. The van der Waals surface area contributed by atoms with Crippen LogP contribution in [-0.4, -0.2) is 31.3 Å². The third-order valence-electron chi connectivity index (χ3n) is 3.54. The minimum absolute atomic E-state index is 0.291. The van der Waals surface area contributed by atoms with E-state index in [0.717, 1.165) is 11.3 Å². The first kappa shape index (κ1) is 17.4. The van der Waals surface area contributed by atoms with Crippen LogP contribution >= 0.6 is 0 Å². The summed E-state index contributed by atoms with van der Waals surface area (Å²) in [6.07, 6.45) is 0.694. The topological polar surface area (TPSA) is 63.7 Å². The molecule has 5 heteroatoms. The summed E-state index contributed by atoms with van der Waals surface area (Å²) in [4.78, 5) is 36.5. The Morgan fingerprint density at radius 2 is 1.83 bits per heavy atom. The van der Waals surface area contributed by atoms with Crippen LogP contribution in [0.5, 0.6) is 0 Å². The van der Waals surface area contributed by atoms with Gasteiger partial charge in [-0.05, 0) is 43.7 Å². The van der Waals surface area contributed by atoms with Crippen molar-refractivity contribution < 1.29 is 19.1 Å². The van der Waals surface area contributed by atoms with Gasteiger partial charge in [-0.15, -0.1) is 0 Å². The molecule has 1 amide bonds. The zero-order chi connectivity index (χ0) is 17.5. The Balaban J connectivity index is 2.00. The smallest absolute Gasteiger partial charge is 0.338 e. The summed E-state index contributed by atoms with van der Waals surface area (Å²) in [5, 5.41) is 0. The lowest BCUT2D eigenvalue weighted by Gasteiger charge is -2.21. The van der Waals surface area contributed by atoms with Gasteiger partial charge in [0.25, 0.3) is 5.91 Å². The fourth-order valence-electron chi connectivity index (χ4n) is 2.29. The Bertz CT molecular complexity index is 737. The summed E-state index contributed by atoms with van der Waals surface area (Å²) in [6.45, 7) is 3.95. The van der Waals surface area contributed by atoms with E-state index in [1.165, 1.54) is 24.3 Å². The first-order valence-electron chi connectivity index (χ1n) is 7.64. The van der Waals surface area contributed by atoms with E-state index in [1.54, 1.807) is 4.90 Å². The van der Waals surface area contributed by atoms with Crippen LogP contribution in [0.25, 0.3) is 0 Å². The Morgan fingerprint density at radius 3 is 2.42 bits per heavy atom. The number of benzene rings is 2.